The van der Waals surface area contributed by atoms with E-state index >= 15 is 0 Å². The van der Waals surface area contributed by atoms with Crippen LogP contribution in [0.2, 0.25) is 0 Å². The summed E-state index contributed by atoms with van der Waals surface area (Å²) in [5, 5.41) is 11.1. The Morgan fingerprint density at radius 2 is 2.19 bits per heavy atom. The van der Waals surface area contributed by atoms with E-state index in [-0.39, 0.29) is 5.91 Å². The van der Waals surface area contributed by atoms with Crippen molar-refractivity contribution < 1.29 is 4.79 Å². The van der Waals surface area contributed by atoms with Crippen molar-refractivity contribution >= 4 is 17.3 Å². The van der Waals surface area contributed by atoms with Gasteiger partial charge in [0.15, 0.2) is 5.82 Å². The highest BCUT2D eigenvalue weighted by Gasteiger charge is 2.10. The van der Waals surface area contributed by atoms with Gasteiger partial charge in [0.2, 0.25) is 0 Å². The van der Waals surface area contributed by atoms with E-state index in [1.807, 2.05) is 11.5 Å². The second-order valence-electron chi connectivity index (χ2n) is 4.89. The summed E-state index contributed by atoms with van der Waals surface area (Å²) in [6.45, 7) is 3.37. The monoisotopic (exact) mass is 288 g/mol. The molecule has 112 valence electrons. The molecule has 0 saturated carbocycles. The van der Waals surface area contributed by atoms with Crippen LogP contribution in [-0.4, -0.2) is 39.7 Å². The molecule has 0 spiro atoms. The highest BCUT2D eigenvalue weighted by atomic mass is 16.2. The first-order valence-electron chi connectivity index (χ1n) is 6.74. The number of anilines is 2. The van der Waals surface area contributed by atoms with Crippen molar-refractivity contribution in [1.29, 1.82) is 0 Å². The topological polar surface area (TPSA) is 89.1 Å². The third kappa shape index (κ3) is 3.31. The normalized spacial score (nSPS) is 10.4. The number of aryl methyl sites for hydroxylation is 1. The van der Waals surface area contributed by atoms with Crippen molar-refractivity contribution in [3.63, 3.8) is 0 Å². The number of carbonyl (C=O) groups is 1. The molecule has 0 aliphatic carbocycles. The number of nitrogens with one attached hydrogen (secondary N) is 1. The Kier molecular flexibility index (Phi) is 4.42. The molecule has 1 heterocycles. The smallest absolute Gasteiger partial charge is 0.253 e. The van der Waals surface area contributed by atoms with Crippen LogP contribution in [0.25, 0.3) is 0 Å². The number of hydrogen-bond acceptors (Lipinski definition) is 5. The first-order valence-corrected chi connectivity index (χ1v) is 6.74. The fourth-order valence-corrected chi connectivity index (χ4v) is 1.97. The van der Waals surface area contributed by atoms with E-state index in [0.717, 1.165) is 18.1 Å². The van der Waals surface area contributed by atoms with Gasteiger partial charge in [0.1, 0.15) is 6.33 Å². The number of benzene rings is 1. The molecular weight excluding hydrogens is 268 g/mol. The molecule has 0 unspecified atom stereocenters. The van der Waals surface area contributed by atoms with Gasteiger partial charge >= 0.3 is 0 Å². The van der Waals surface area contributed by atoms with E-state index in [1.165, 1.54) is 4.90 Å². The summed E-state index contributed by atoms with van der Waals surface area (Å²) < 4.78 is 1.95. The number of hydrogen-bond donors (Lipinski definition) is 2. The Morgan fingerprint density at radius 1 is 1.43 bits per heavy atom. The van der Waals surface area contributed by atoms with Crippen molar-refractivity contribution in [2.45, 2.75) is 20.0 Å². The van der Waals surface area contributed by atoms with Crippen LogP contribution < -0.4 is 11.1 Å². The molecule has 7 heteroatoms. The summed E-state index contributed by atoms with van der Waals surface area (Å²) >= 11 is 0. The van der Waals surface area contributed by atoms with E-state index in [2.05, 4.69) is 15.5 Å². The van der Waals surface area contributed by atoms with Crippen LogP contribution in [0, 0.1) is 0 Å². The molecule has 7 nitrogen and oxygen atoms in total. The summed E-state index contributed by atoms with van der Waals surface area (Å²) in [6.07, 6.45) is 1.69. The van der Waals surface area contributed by atoms with Gasteiger partial charge in [-0.3, -0.25) is 4.79 Å². The van der Waals surface area contributed by atoms with Crippen LogP contribution in [0.4, 0.5) is 11.4 Å². The average Bonchev–Trinajstić information content (AvgIpc) is 2.92. The van der Waals surface area contributed by atoms with Crippen molar-refractivity contribution in [1.82, 2.24) is 19.7 Å². The minimum Gasteiger partial charge on any atom is -0.397 e. The Balaban J connectivity index is 2.09. The van der Waals surface area contributed by atoms with Crippen LogP contribution in [0.1, 0.15) is 23.1 Å². The molecule has 0 bridgehead atoms. The lowest BCUT2D eigenvalue weighted by molar-refractivity contribution is 0.0827. The van der Waals surface area contributed by atoms with Crippen molar-refractivity contribution in [3.05, 3.63) is 35.9 Å². The maximum Gasteiger partial charge on any atom is 0.253 e. The lowest BCUT2D eigenvalue weighted by atomic mass is 10.1. The van der Waals surface area contributed by atoms with E-state index < -0.39 is 0 Å². The first kappa shape index (κ1) is 14.8. The van der Waals surface area contributed by atoms with Gasteiger partial charge in [0.25, 0.3) is 5.91 Å². The summed E-state index contributed by atoms with van der Waals surface area (Å²) in [4.78, 5) is 13.4. The van der Waals surface area contributed by atoms with Crippen molar-refractivity contribution in [2.24, 2.45) is 0 Å². The minimum atomic E-state index is -0.0704. The zero-order valence-electron chi connectivity index (χ0n) is 12.5. The molecule has 0 atom stereocenters. The number of aromatic nitrogens is 3. The van der Waals surface area contributed by atoms with Gasteiger partial charge in [0.05, 0.1) is 17.9 Å². The molecule has 0 fully saturated rings. The molecule has 21 heavy (non-hydrogen) atoms. The Morgan fingerprint density at radius 3 is 2.81 bits per heavy atom. The van der Waals surface area contributed by atoms with Crippen molar-refractivity contribution in [2.75, 3.05) is 25.1 Å². The minimum absolute atomic E-state index is 0.0704. The van der Waals surface area contributed by atoms with E-state index in [0.29, 0.717) is 17.8 Å². The number of carbonyl (C=O) groups excluding carboxylic acids is 1. The maximum atomic E-state index is 11.9. The predicted molar refractivity (Wildman–Crippen MR) is 81.9 cm³/mol. The summed E-state index contributed by atoms with van der Waals surface area (Å²) in [5.74, 6) is 0.768. The highest BCUT2D eigenvalue weighted by Crippen LogP contribution is 2.21. The van der Waals surface area contributed by atoms with E-state index in [1.54, 1.807) is 38.6 Å². The molecule has 2 rings (SSSR count). The molecule has 1 aromatic heterocycles. The van der Waals surface area contributed by atoms with E-state index in [9.17, 15) is 4.79 Å². The molecule has 1 aromatic carbocycles. The summed E-state index contributed by atoms with van der Waals surface area (Å²) in [6, 6.07) is 5.24. The van der Waals surface area contributed by atoms with Crippen LogP contribution in [0.15, 0.2) is 24.5 Å². The third-order valence-electron chi connectivity index (χ3n) is 3.18. The molecule has 0 radical (unpaired) electrons. The van der Waals surface area contributed by atoms with Gasteiger partial charge in [-0.05, 0) is 25.1 Å². The van der Waals surface area contributed by atoms with Gasteiger partial charge in [-0.15, -0.1) is 10.2 Å². The quantitative estimate of drug-likeness (QED) is 0.807. The third-order valence-corrected chi connectivity index (χ3v) is 3.18. The molecule has 0 aliphatic rings. The van der Waals surface area contributed by atoms with Crippen LogP contribution >= 0.6 is 0 Å². The number of rotatable bonds is 5. The molecule has 3 N–H and O–H groups in total. The summed E-state index contributed by atoms with van der Waals surface area (Å²) in [5.41, 5.74) is 7.87. The standard InChI is InChI=1S/C14H20N6O/c1-4-20-9-17-18-13(20)8-16-12-6-5-10(7-11(12)15)14(21)19(2)3/h5-7,9,16H,4,8,15H2,1-3H3. The Labute approximate surface area is 123 Å². The highest BCUT2D eigenvalue weighted by molar-refractivity contribution is 5.95. The predicted octanol–water partition coefficient (Wildman–Crippen LogP) is 1.19. The largest absolute Gasteiger partial charge is 0.397 e. The SMILES string of the molecule is CCn1cnnc1CNc1ccc(C(=O)N(C)C)cc1N. The van der Waals surface area contributed by atoms with Crippen molar-refractivity contribution in [3.8, 4) is 0 Å². The lowest BCUT2D eigenvalue weighted by Gasteiger charge is -2.13. The van der Waals surface area contributed by atoms with Crippen LogP contribution in [-0.2, 0) is 13.1 Å². The Hall–Kier alpha value is -2.57. The van der Waals surface area contributed by atoms with Gasteiger partial charge in [-0.1, -0.05) is 0 Å². The fourth-order valence-electron chi connectivity index (χ4n) is 1.97. The summed E-state index contributed by atoms with van der Waals surface area (Å²) in [7, 11) is 3.42. The van der Waals surface area contributed by atoms with Gasteiger partial charge in [-0.2, -0.15) is 0 Å². The number of nitrogen functional groups attached to an aromatic ring is 1. The number of nitrogens with two attached hydrogens (primary N) is 1. The molecule has 1 amide bonds. The van der Waals surface area contributed by atoms with Gasteiger partial charge in [0, 0.05) is 26.2 Å². The molecule has 2 aromatic rings. The zero-order valence-corrected chi connectivity index (χ0v) is 12.5. The van der Waals surface area contributed by atoms with E-state index in [4.69, 9.17) is 5.73 Å². The Bertz CT molecular complexity index is 634. The van der Waals surface area contributed by atoms with Gasteiger partial charge < -0.3 is 20.5 Å². The molecule has 0 saturated heterocycles. The molecular formula is C14H20N6O. The number of nitrogens with zero attached hydrogens (tertiary/aromatic N) is 4. The second kappa shape index (κ2) is 6.25. The zero-order chi connectivity index (χ0) is 15.4. The van der Waals surface area contributed by atoms with Gasteiger partial charge in [-0.25, -0.2) is 0 Å². The van der Waals surface area contributed by atoms with Crippen LogP contribution in [0.5, 0.6) is 0 Å². The maximum absolute atomic E-state index is 11.9. The number of amides is 1. The average molecular weight is 288 g/mol. The first-order chi connectivity index (χ1) is 10.0. The molecule has 0 aliphatic heterocycles. The fraction of sp³-hybridized carbons (Fsp3) is 0.357. The van der Waals surface area contributed by atoms with Crippen LogP contribution in [0.3, 0.4) is 0 Å². The second-order valence-corrected chi connectivity index (χ2v) is 4.89. The lowest BCUT2D eigenvalue weighted by Crippen LogP contribution is -2.21.